The van der Waals surface area contributed by atoms with Crippen molar-refractivity contribution in [2.45, 2.75) is 13.0 Å². The lowest BCUT2D eigenvalue weighted by molar-refractivity contribution is -0.120. The van der Waals surface area contributed by atoms with Crippen molar-refractivity contribution in [1.29, 1.82) is 0 Å². The first-order valence-electron chi connectivity index (χ1n) is 7.29. The maximum Gasteiger partial charge on any atom is 0.224 e. The lowest BCUT2D eigenvalue weighted by Gasteiger charge is -2.09. The van der Waals surface area contributed by atoms with Crippen molar-refractivity contribution in [2.75, 3.05) is 0 Å². The zero-order chi connectivity index (χ0) is 16.9. The predicted molar refractivity (Wildman–Crippen MR) is 88.3 cm³/mol. The second kappa shape index (κ2) is 7.23. The molecule has 0 aliphatic carbocycles. The molecular weight excluding hydrogens is 331 g/mol. The SMILES string of the molecule is O=C(Cc1c(F)cccc1Cl)NCc1nncn1-c1ccccc1. The molecule has 0 saturated heterocycles. The molecule has 1 amide bonds. The van der Waals surface area contributed by atoms with E-state index in [9.17, 15) is 9.18 Å². The molecule has 3 aromatic rings. The van der Waals surface area contributed by atoms with Gasteiger partial charge in [-0.25, -0.2) is 4.39 Å². The number of hydrogen-bond acceptors (Lipinski definition) is 3. The van der Waals surface area contributed by atoms with Crippen molar-refractivity contribution in [3.8, 4) is 5.69 Å². The molecule has 0 bridgehead atoms. The summed E-state index contributed by atoms with van der Waals surface area (Å²) in [6, 6.07) is 13.9. The summed E-state index contributed by atoms with van der Waals surface area (Å²) < 4.78 is 15.5. The molecule has 2 aromatic carbocycles. The van der Waals surface area contributed by atoms with Crippen LogP contribution in [0.3, 0.4) is 0 Å². The Labute approximate surface area is 143 Å². The molecule has 24 heavy (non-hydrogen) atoms. The number of carbonyl (C=O) groups is 1. The molecule has 0 atom stereocenters. The molecule has 0 aliphatic rings. The first-order valence-corrected chi connectivity index (χ1v) is 7.67. The second-order valence-electron chi connectivity index (χ2n) is 5.11. The van der Waals surface area contributed by atoms with Gasteiger partial charge in [0.1, 0.15) is 12.1 Å². The maximum absolute atomic E-state index is 13.7. The van der Waals surface area contributed by atoms with Crippen LogP contribution in [0.15, 0.2) is 54.9 Å². The van der Waals surface area contributed by atoms with Crippen LogP contribution in [0, 0.1) is 5.82 Å². The van der Waals surface area contributed by atoms with Crippen molar-refractivity contribution >= 4 is 17.5 Å². The second-order valence-corrected chi connectivity index (χ2v) is 5.51. The van der Waals surface area contributed by atoms with E-state index in [0.717, 1.165) is 5.69 Å². The fourth-order valence-electron chi connectivity index (χ4n) is 2.29. The minimum atomic E-state index is -0.495. The molecule has 5 nitrogen and oxygen atoms in total. The van der Waals surface area contributed by atoms with E-state index in [1.807, 2.05) is 30.3 Å². The van der Waals surface area contributed by atoms with E-state index in [0.29, 0.717) is 5.82 Å². The van der Waals surface area contributed by atoms with Gasteiger partial charge in [-0.15, -0.1) is 10.2 Å². The minimum absolute atomic E-state index is 0.134. The average Bonchev–Trinajstić information content (AvgIpc) is 3.06. The van der Waals surface area contributed by atoms with Crippen LogP contribution in [-0.4, -0.2) is 20.7 Å². The zero-order valence-electron chi connectivity index (χ0n) is 12.6. The Morgan fingerprint density at radius 3 is 2.71 bits per heavy atom. The lowest BCUT2D eigenvalue weighted by Crippen LogP contribution is -2.26. The smallest absolute Gasteiger partial charge is 0.224 e. The first kappa shape index (κ1) is 16.1. The molecular formula is C17H14ClFN4O. The molecule has 0 unspecified atom stereocenters. The van der Waals surface area contributed by atoms with Crippen molar-refractivity contribution in [1.82, 2.24) is 20.1 Å². The number of nitrogens with one attached hydrogen (secondary N) is 1. The molecule has 0 aliphatic heterocycles. The van der Waals surface area contributed by atoms with E-state index in [1.54, 1.807) is 17.0 Å². The zero-order valence-corrected chi connectivity index (χ0v) is 13.4. The fraction of sp³-hybridized carbons (Fsp3) is 0.118. The Balaban J connectivity index is 1.67. The summed E-state index contributed by atoms with van der Waals surface area (Å²) in [7, 11) is 0. The van der Waals surface area contributed by atoms with Gasteiger partial charge in [-0.1, -0.05) is 35.9 Å². The van der Waals surface area contributed by atoms with Crippen LogP contribution in [-0.2, 0) is 17.8 Å². The summed E-state index contributed by atoms with van der Waals surface area (Å²) in [6.45, 7) is 0.180. The van der Waals surface area contributed by atoms with E-state index in [4.69, 9.17) is 11.6 Å². The van der Waals surface area contributed by atoms with E-state index in [2.05, 4.69) is 15.5 Å². The Hall–Kier alpha value is -2.73. The number of para-hydroxylation sites is 1. The van der Waals surface area contributed by atoms with Crippen molar-refractivity contribution in [3.63, 3.8) is 0 Å². The quantitative estimate of drug-likeness (QED) is 0.774. The molecule has 0 spiro atoms. The number of amides is 1. The maximum atomic E-state index is 13.7. The number of aromatic nitrogens is 3. The number of carbonyl (C=O) groups excluding carboxylic acids is 1. The van der Waals surface area contributed by atoms with Crippen LogP contribution in [0.25, 0.3) is 5.69 Å². The number of halogens is 2. The van der Waals surface area contributed by atoms with E-state index in [-0.39, 0.29) is 29.5 Å². The van der Waals surface area contributed by atoms with Gasteiger partial charge in [0.15, 0.2) is 5.82 Å². The third kappa shape index (κ3) is 3.60. The van der Waals surface area contributed by atoms with Gasteiger partial charge in [0.05, 0.1) is 13.0 Å². The van der Waals surface area contributed by atoms with Gasteiger partial charge in [0.2, 0.25) is 5.91 Å². The number of nitrogens with zero attached hydrogens (tertiary/aromatic N) is 3. The summed E-state index contributed by atoms with van der Waals surface area (Å²) in [5, 5.41) is 10.8. The van der Waals surface area contributed by atoms with E-state index < -0.39 is 5.82 Å². The molecule has 3 rings (SSSR count). The average molecular weight is 345 g/mol. The molecule has 0 saturated carbocycles. The van der Waals surface area contributed by atoms with Gasteiger partial charge in [-0.2, -0.15) is 0 Å². The van der Waals surface area contributed by atoms with Crippen molar-refractivity contribution < 1.29 is 9.18 Å². The highest BCUT2D eigenvalue weighted by atomic mass is 35.5. The predicted octanol–water partition coefficient (Wildman–Crippen LogP) is 2.92. The van der Waals surface area contributed by atoms with Gasteiger partial charge >= 0.3 is 0 Å². The van der Waals surface area contributed by atoms with Crippen LogP contribution < -0.4 is 5.32 Å². The molecule has 1 N–H and O–H groups in total. The Bertz CT molecular complexity index is 831. The Morgan fingerprint density at radius 1 is 1.17 bits per heavy atom. The van der Waals surface area contributed by atoms with Gasteiger partial charge in [-0.3, -0.25) is 9.36 Å². The number of hydrogen-bond donors (Lipinski definition) is 1. The summed E-state index contributed by atoms with van der Waals surface area (Å²) in [6.07, 6.45) is 1.44. The summed E-state index contributed by atoms with van der Waals surface area (Å²) in [4.78, 5) is 12.1. The largest absolute Gasteiger partial charge is 0.348 e. The molecule has 1 heterocycles. The topological polar surface area (TPSA) is 59.8 Å². The molecule has 122 valence electrons. The monoisotopic (exact) mass is 344 g/mol. The third-order valence-electron chi connectivity index (χ3n) is 3.50. The van der Waals surface area contributed by atoms with Crippen LogP contribution in [0.2, 0.25) is 5.02 Å². The number of benzene rings is 2. The normalized spacial score (nSPS) is 10.6. The molecule has 1 aromatic heterocycles. The van der Waals surface area contributed by atoms with Crippen LogP contribution in [0.1, 0.15) is 11.4 Å². The summed E-state index contributed by atoms with van der Waals surface area (Å²) >= 11 is 5.93. The minimum Gasteiger partial charge on any atom is -0.348 e. The summed E-state index contributed by atoms with van der Waals surface area (Å²) in [5.41, 5.74) is 1.07. The lowest BCUT2D eigenvalue weighted by atomic mass is 10.1. The Morgan fingerprint density at radius 2 is 1.96 bits per heavy atom. The highest BCUT2D eigenvalue weighted by molar-refractivity contribution is 6.31. The summed E-state index contributed by atoms with van der Waals surface area (Å²) in [5.74, 6) is -0.260. The highest BCUT2D eigenvalue weighted by Crippen LogP contribution is 2.19. The van der Waals surface area contributed by atoms with Crippen LogP contribution in [0.4, 0.5) is 4.39 Å². The standard InChI is InChI=1S/C17H14ClFN4O/c18-14-7-4-8-15(19)13(14)9-17(24)20-10-16-22-21-11-23(16)12-5-2-1-3-6-12/h1-8,11H,9-10H2,(H,20,24). The van der Waals surface area contributed by atoms with Crippen LogP contribution >= 0.6 is 11.6 Å². The van der Waals surface area contributed by atoms with Crippen molar-refractivity contribution in [3.05, 3.63) is 77.1 Å². The highest BCUT2D eigenvalue weighted by Gasteiger charge is 2.13. The molecule has 7 heteroatoms. The Kier molecular flexibility index (Phi) is 4.86. The number of rotatable bonds is 5. The van der Waals surface area contributed by atoms with Crippen LogP contribution in [0.5, 0.6) is 0 Å². The van der Waals surface area contributed by atoms with Gasteiger partial charge in [0, 0.05) is 16.3 Å². The van der Waals surface area contributed by atoms with E-state index >= 15 is 0 Å². The molecule has 0 radical (unpaired) electrons. The van der Waals surface area contributed by atoms with Gasteiger partial charge in [-0.05, 0) is 24.3 Å². The third-order valence-corrected chi connectivity index (χ3v) is 3.85. The van der Waals surface area contributed by atoms with Crippen molar-refractivity contribution in [2.24, 2.45) is 0 Å². The fourth-order valence-corrected chi connectivity index (χ4v) is 2.52. The first-order chi connectivity index (χ1) is 11.6. The van der Waals surface area contributed by atoms with E-state index in [1.165, 1.54) is 12.1 Å². The molecule has 0 fully saturated rings. The van der Waals surface area contributed by atoms with Gasteiger partial charge < -0.3 is 5.32 Å². The van der Waals surface area contributed by atoms with Gasteiger partial charge in [0.25, 0.3) is 0 Å².